The quantitative estimate of drug-likeness (QED) is 0.889. The first kappa shape index (κ1) is 17.2. The predicted octanol–water partition coefficient (Wildman–Crippen LogP) is 2.34. The Bertz CT molecular complexity index is 738. The van der Waals surface area contributed by atoms with E-state index in [-0.39, 0.29) is 12.5 Å². The summed E-state index contributed by atoms with van der Waals surface area (Å²) in [6, 6.07) is 3.37. The van der Waals surface area contributed by atoms with Crippen molar-refractivity contribution in [3.05, 3.63) is 23.6 Å². The molecule has 0 unspecified atom stereocenters. The number of rotatable bonds is 5. The van der Waals surface area contributed by atoms with E-state index in [0.29, 0.717) is 23.4 Å². The van der Waals surface area contributed by atoms with Crippen LogP contribution < -0.4 is 15.0 Å². The van der Waals surface area contributed by atoms with Crippen molar-refractivity contribution in [3.63, 3.8) is 0 Å². The Hall–Kier alpha value is -2.64. The Morgan fingerprint density at radius 1 is 1.32 bits per heavy atom. The van der Waals surface area contributed by atoms with Crippen LogP contribution in [-0.4, -0.2) is 40.7 Å². The lowest BCUT2D eigenvalue weighted by Crippen LogP contribution is -2.34. The van der Waals surface area contributed by atoms with Gasteiger partial charge in [-0.15, -0.1) is 0 Å². The van der Waals surface area contributed by atoms with E-state index in [1.54, 1.807) is 19.1 Å². The number of anilines is 2. The summed E-state index contributed by atoms with van der Waals surface area (Å²) in [6.07, 6.45) is 2.26. The summed E-state index contributed by atoms with van der Waals surface area (Å²) in [7, 11) is 0. The number of nitrogens with one attached hydrogen (secondary N) is 1. The summed E-state index contributed by atoms with van der Waals surface area (Å²) < 4.78 is 10.4. The summed E-state index contributed by atoms with van der Waals surface area (Å²) in [5, 5.41) is 6.32. The van der Waals surface area contributed by atoms with Gasteiger partial charge >= 0.3 is 0 Å². The maximum absolute atomic E-state index is 11.9. The van der Waals surface area contributed by atoms with E-state index in [1.165, 1.54) is 0 Å². The molecule has 1 N–H and O–H groups in total. The second-order valence-corrected chi connectivity index (χ2v) is 6.48. The van der Waals surface area contributed by atoms with Crippen molar-refractivity contribution in [2.45, 2.75) is 33.6 Å². The topological polar surface area (TPSA) is 93.4 Å². The van der Waals surface area contributed by atoms with Gasteiger partial charge in [0.05, 0.1) is 0 Å². The van der Waals surface area contributed by atoms with Crippen molar-refractivity contribution in [2.24, 2.45) is 5.92 Å². The molecule has 134 valence electrons. The summed E-state index contributed by atoms with van der Waals surface area (Å²) in [5.74, 6) is 2.47. The number of aryl methyl sites for hydroxylation is 2. The third kappa shape index (κ3) is 4.68. The van der Waals surface area contributed by atoms with Crippen LogP contribution in [0.5, 0.6) is 5.88 Å². The van der Waals surface area contributed by atoms with Gasteiger partial charge in [-0.2, -0.15) is 4.98 Å². The van der Waals surface area contributed by atoms with Gasteiger partial charge in [0.25, 0.3) is 5.91 Å². The van der Waals surface area contributed by atoms with Gasteiger partial charge in [-0.1, -0.05) is 12.1 Å². The first-order chi connectivity index (χ1) is 12.0. The first-order valence-electron chi connectivity index (χ1n) is 8.46. The molecule has 0 saturated carbocycles. The highest BCUT2D eigenvalue weighted by molar-refractivity contribution is 5.90. The van der Waals surface area contributed by atoms with E-state index < -0.39 is 0 Å². The molecule has 1 fully saturated rings. The molecule has 0 atom stereocenters. The van der Waals surface area contributed by atoms with Gasteiger partial charge in [0.15, 0.2) is 12.4 Å². The zero-order chi connectivity index (χ0) is 17.8. The lowest BCUT2D eigenvalue weighted by atomic mass is 10.00. The number of hydrogen-bond acceptors (Lipinski definition) is 7. The number of amides is 1. The molecular weight excluding hydrogens is 322 g/mol. The monoisotopic (exact) mass is 345 g/mol. The van der Waals surface area contributed by atoms with Crippen molar-refractivity contribution < 1.29 is 14.1 Å². The van der Waals surface area contributed by atoms with Crippen LogP contribution >= 0.6 is 0 Å². The summed E-state index contributed by atoms with van der Waals surface area (Å²) in [6.45, 7) is 7.64. The van der Waals surface area contributed by atoms with Gasteiger partial charge in [0.1, 0.15) is 5.76 Å². The second-order valence-electron chi connectivity index (χ2n) is 6.48. The van der Waals surface area contributed by atoms with Crippen LogP contribution in [0, 0.1) is 19.8 Å². The molecule has 0 aromatic carbocycles. The minimum Gasteiger partial charge on any atom is -0.467 e. The van der Waals surface area contributed by atoms with Gasteiger partial charge in [0.2, 0.25) is 11.8 Å². The molecule has 0 bridgehead atoms. The molecule has 1 amide bonds. The second kappa shape index (κ2) is 7.50. The van der Waals surface area contributed by atoms with Crippen molar-refractivity contribution in [1.82, 2.24) is 15.1 Å². The molecule has 3 rings (SSSR count). The van der Waals surface area contributed by atoms with Crippen molar-refractivity contribution >= 4 is 17.7 Å². The van der Waals surface area contributed by atoms with Crippen LogP contribution in [-0.2, 0) is 4.79 Å². The summed E-state index contributed by atoms with van der Waals surface area (Å²) in [5.41, 5.74) is 0.811. The van der Waals surface area contributed by atoms with E-state index >= 15 is 0 Å². The van der Waals surface area contributed by atoms with E-state index in [0.717, 1.165) is 37.5 Å². The summed E-state index contributed by atoms with van der Waals surface area (Å²) in [4.78, 5) is 23.0. The average Bonchev–Trinajstić information content (AvgIpc) is 2.98. The molecule has 1 aliphatic rings. The predicted molar refractivity (Wildman–Crippen MR) is 92.7 cm³/mol. The smallest absolute Gasteiger partial charge is 0.263 e. The molecule has 2 aromatic rings. The van der Waals surface area contributed by atoms with Gasteiger partial charge in [0, 0.05) is 30.9 Å². The molecular formula is C17H23N5O3. The highest BCUT2D eigenvalue weighted by Crippen LogP contribution is 2.22. The standard InChI is InChI=1S/C17H23N5O3/c1-11-4-6-22(7-5-11)17-18-12(2)8-16(20-17)24-10-15(23)19-14-9-13(3)25-21-14/h8-9,11H,4-7,10H2,1-3H3,(H,19,21,23). The Morgan fingerprint density at radius 3 is 2.76 bits per heavy atom. The normalized spacial score (nSPS) is 15.2. The minimum absolute atomic E-state index is 0.154. The zero-order valence-corrected chi connectivity index (χ0v) is 14.8. The fraction of sp³-hybridized carbons (Fsp3) is 0.529. The fourth-order valence-corrected chi connectivity index (χ4v) is 2.69. The molecule has 25 heavy (non-hydrogen) atoms. The maximum Gasteiger partial charge on any atom is 0.263 e. The molecule has 1 saturated heterocycles. The molecule has 1 aliphatic heterocycles. The van der Waals surface area contributed by atoms with Crippen LogP contribution in [0.1, 0.15) is 31.2 Å². The number of nitrogens with zero attached hydrogens (tertiary/aromatic N) is 4. The maximum atomic E-state index is 11.9. The van der Waals surface area contributed by atoms with Crippen LogP contribution in [0.3, 0.4) is 0 Å². The lowest BCUT2D eigenvalue weighted by molar-refractivity contribution is -0.118. The van der Waals surface area contributed by atoms with Crippen LogP contribution in [0.25, 0.3) is 0 Å². The average molecular weight is 345 g/mol. The van der Waals surface area contributed by atoms with Gasteiger partial charge in [-0.05, 0) is 32.6 Å². The molecule has 2 aromatic heterocycles. The highest BCUT2D eigenvalue weighted by Gasteiger charge is 2.19. The van der Waals surface area contributed by atoms with Crippen molar-refractivity contribution in [2.75, 3.05) is 29.9 Å². The third-order valence-electron chi connectivity index (χ3n) is 4.13. The highest BCUT2D eigenvalue weighted by atomic mass is 16.5. The number of carbonyl (C=O) groups is 1. The molecule has 0 radical (unpaired) electrons. The molecule has 8 nitrogen and oxygen atoms in total. The van der Waals surface area contributed by atoms with Gasteiger partial charge in [-0.25, -0.2) is 4.98 Å². The van der Waals surface area contributed by atoms with Crippen LogP contribution in [0.15, 0.2) is 16.7 Å². The Morgan fingerprint density at radius 2 is 2.08 bits per heavy atom. The molecule has 3 heterocycles. The van der Waals surface area contributed by atoms with E-state index in [4.69, 9.17) is 9.26 Å². The molecule has 0 aliphatic carbocycles. The number of piperidine rings is 1. The minimum atomic E-state index is -0.321. The molecule has 8 heteroatoms. The van der Waals surface area contributed by atoms with E-state index in [1.807, 2.05) is 6.92 Å². The number of ether oxygens (including phenoxy) is 1. The lowest BCUT2D eigenvalue weighted by Gasteiger charge is -2.30. The van der Waals surface area contributed by atoms with Crippen molar-refractivity contribution in [3.8, 4) is 5.88 Å². The number of aromatic nitrogens is 3. The molecule has 0 spiro atoms. The van der Waals surface area contributed by atoms with Gasteiger partial charge < -0.3 is 19.5 Å². The Labute approximate surface area is 146 Å². The van der Waals surface area contributed by atoms with Crippen molar-refractivity contribution in [1.29, 1.82) is 0 Å². The van der Waals surface area contributed by atoms with Crippen LogP contribution in [0.4, 0.5) is 11.8 Å². The summed E-state index contributed by atoms with van der Waals surface area (Å²) >= 11 is 0. The van der Waals surface area contributed by atoms with E-state index in [2.05, 4.69) is 32.3 Å². The largest absolute Gasteiger partial charge is 0.467 e. The third-order valence-corrected chi connectivity index (χ3v) is 4.13. The van der Waals surface area contributed by atoms with Crippen LogP contribution in [0.2, 0.25) is 0 Å². The number of hydrogen-bond donors (Lipinski definition) is 1. The van der Waals surface area contributed by atoms with E-state index in [9.17, 15) is 4.79 Å². The fourth-order valence-electron chi connectivity index (χ4n) is 2.69. The first-order valence-corrected chi connectivity index (χ1v) is 8.46. The SMILES string of the molecule is Cc1cc(OCC(=O)Nc2cc(C)on2)nc(N2CCC(C)CC2)n1. The Balaban J connectivity index is 1.59. The van der Waals surface area contributed by atoms with Gasteiger partial charge in [-0.3, -0.25) is 4.79 Å². The zero-order valence-electron chi connectivity index (χ0n) is 14.8. The number of carbonyl (C=O) groups excluding carboxylic acids is 1. The Kier molecular flexibility index (Phi) is 5.16.